The normalized spacial score (nSPS) is 29.3. The topological polar surface area (TPSA) is 24.5 Å². The first kappa shape index (κ1) is 14.9. The van der Waals surface area contributed by atoms with E-state index in [0.717, 1.165) is 19.6 Å². The summed E-state index contributed by atoms with van der Waals surface area (Å²) < 4.78 is 5.75. The number of nitrogens with zero attached hydrogens (tertiary/aromatic N) is 1. The maximum Gasteiger partial charge on any atom is 0.0678 e. The summed E-state index contributed by atoms with van der Waals surface area (Å²) in [6.07, 6.45) is 0.753. The van der Waals surface area contributed by atoms with Gasteiger partial charge in [-0.3, -0.25) is 4.90 Å². The Morgan fingerprint density at radius 3 is 2.24 bits per heavy atom. The molecule has 3 unspecified atom stereocenters. The first-order valence-electron chi connectivity index (χ1n) is 6.89. The maximum atomic E-state index is 5.75. The molecule has 0 aliphatic carbocycles. The van der Waals surface area contributed by atoms with E-state index in [-0.39, 0.29) is 5.54 Å². The Hall–Kier alpha value is -0.120. The summed E-state index contributed by atoms with van der Waals surface area (Å²) in [7, 11) is 0. The average Bonchev–Trinajstić information content (AvgIpc) is 2.11. The molecule has 1 saturated heterocycles. The SMILES string of the molecule is CC(CNC(C)(C)C)CN1CC(C)OC(C)C1. The Labute approximate surface area is 107 Å². The molecular weight excluding hydrogens is 212 g/mol. The van der Waals surface area contributed by atoms with E-state index in [1.807, 2.05) is 0 Å². The van der Waals surface area contributed by atoms with Crippen LogP contribution in [-0.4, -0.2) is 48.8 Å². The zero-order valence-corrected chi connectivity index (χ0v) is 12.4. The standard InChI is InChI=1S/C14H30N2O/c1-11(7-15-14(4,5)6)8-16-9-12(2)17-13(3)10-16/h11-13,15H,7-10H2,1-6H3. The van der Waals surface area contributed by atoms with Gasteiger partial charge in [0.25, 0.3) is 0 Å². The van der Waals surface area contributed by atoms with Gasteiger partial charge in [-0.2, -0.15) is 0 Å². The van der Waals surface area contributed by atoms with Gasteiger partial charge in [0.05, 0.1) is 12.2 Å². The molecule has 0 radical (unpaired) electrons. The van der Waals surface area contributed by atoms with Gasteiger partial charge in [-0.15, -0.1) is 0 Å². The molecule has 1 fully saturated rings. The van der Waals surface area contributed by atoms with Crippen molar-refractivity contribution in [2.24, 2.45) is 5.92 Å². The Morgan fingerprint density at radius 2 is 1.76 bits per heavy atom. The van der Waals surface area contributed by atoms with E-state index in [2.05, 4.69) is 51.8 Å². The summed E-state index contributed by atoms with van der Waals surface area (Å²) in [5.41, 5.74) is 0.222. The zero-order valence-electron chi connectivity index (χ0n) is 12.4. The molecule has 1 aliphatic heterocycles. The van der Waals surface area contributed by atoms with Gasteiger partial charge in [-0.1, -0.05) is 6.92 Å². The predicted octanol–water partition coefficient (Wildman–Crippen LogP) is 2.12. The third-order valence-corrected chi connectivity index (χ3v) is 3.05. The average molecular weight is 242 g/mol. The van der Waals surface area contributed by atoms with E-state index in [0.29, 0.717) is 18.1 Å². The third-order valence-electron chi connectivity index (χ3n) is 3.05. The number of rotatable bonds is 4. The van der Waals surface area contributed by atoms with Crippen LogP contribution in [0.25, 0.3) is 0 Å². The summed E-state index contributed by atoms with van der Waals surface area (Å²) in [6.45, 7) is 17.7. The van der Waals surface area contributed by atoms with Gasteiger partial charge in [-0.05, 0) is 47.1 Å². The van der Waals surface area contributed by atoms with E-state index in [1.165, 1.54) is 6.54 Å². The zero-order chi connectivity index (χ0) is 13.1. The first-order chi connectivity index (χ1) is 7.76. The molecule has 1 aliphatic rings. The van der Waals surface area contributed by atoms with E-state index in [4.69, 9.17) is 4.74 Å². The highest BCUT2D eigenvalue weighted by Gasteiger charge is 2.23. The minimum Gasteiger partial charge on any atom is -0.373 e. The molecule has 0 spiro atoms. The van der Waals surface area contributed by atoms with E-state index in [9.17, 15) is 0 Å². The summed E-state index contributed by atoms with van der Waals surface area (Å²) in [6, 6.07) is 0. The lowest BCUT2D eigenvalue weighted by molar-refractivity contribution is -0.0709. The largest absolute Gasteiger partial charge is 0.373 e. The van der Waals surface area contributed by atoms with Crippen LogP contribution in [-0.2, 0) is 4.74 Å². The molecule has 3 heteroatoms. The quantitative estimate of drug-likeness (QED) is 0.817. The van der Waals surface area contributed by atoms with Crippen molar-refractivity contribution in [2.75, 3.05) is 26.2 Å². The summed E-state index contributed by atoms with van der Waals surface area (Å²) in [4.78, 5) is 2.54. The summed E-state index contributed by atoms with van der Waals surface area (Å²) >= 11 is 0. The molecule has 0 bridgehead atoms. The van der Waals surface area contributed by atoms with Crippen LogP contribution < -0.4 is 5.32 Å². The van der Waals surface area contributed by atoms with Crippen LogP contribution in [0, 0.1) is 5.92 Å². The fourth-order valence-corrected chi connectivity index (χ4v) is 2.42. The minimum absolute atomic E-state index is 0.222. The Kier molecular flexibility index (Phi) is 5.42. The van der Waals surface area contributed by atoms with E-state index in [1.54, 1.807) is 0 Å². The van der Waals surface area contributed by atoms with Crippen LogP contribution in [0.4, 0.5) is 0 Å². The van der Waals surface area contributed by atoms with Crippen molar-refractivity contribution in [1.82, 2.24) is 10.2 Å². The molecular formula is C14H30N2O. The molecule has 0 aromatic heterocycles. The lowest BCUT2D eigenvalue weighted by Gasteiger charge is -2.37. The van der Waals surface area contributed by atoms with Crippen molar-refractivity contribution < 1.29 is 4.74 Å². The van der Waals surface area contributed by atoms with Gasteiger partial charge in [0, 0.05) is 25.2 Å². The fraction of sp³-hybridized carbons (Fsp3) is 1.00. The molecule has 0 aromatic rings. The number of hydrogen-bond donors (Lipinski definition) is 1. The number of morpholine rings is 1. The maximum absolute atomic E-state index is 5.75. The van der Waals surface area contributed by atoms with Crippen molar-refractivity contribution in [1.29, 1.82) is 0 Å². The first-order valence-corrected chi connectivity index (χ1v) is 6.89. The van der Waals surface area contributed by atoms with Gasteiger partial charge in [-0.25, -0.2) is 0 Å². The predicted molar refractivity (Wildman–Crippen MR) is 73.4 cm³/mol. The van der Waals surface area contributed by atoms with E-state index >= 15 is 0 Å². The molecule has 102 valence electrons. The van der Waals surface area contributed by atoms with Gasteiger partial charge in [0.15, 0.2) is 0 Å². The van der Waals surface area contributed by atoms with Crippen LogP contribution in [0.2, 0.25) is 0 Å². The van der Waals surface area contributed by atoms with Gasteiger partial charge in [0.1, 0.15) is 0 Å². The van der Waals surface area contributed by atoms with E-state index < -0.39 is 0 Å². The molecule has 17 heavy (non-hydrogen) atoms. The Balaban J connectivity index is 2.28. The van der Waals surface area contributed by atoms with Crippen LogP contribution in [0.1, 0.15) is 41.5 Å². The number of ether oxygens (including phenoxy) is 1. The molecule has 0 aromatic carbocycles. The molecule has 0 saturated carbocycles. The number of nitrogens with one attached hydrogen (secondary N) is 1. The van der Waals surface area contributed by atoms with Crippen LogP contribution in [0.5, 0.6) is 0 Å². The molecule has 0 amide bonds. The third kappa shape index (κ3) is 6.39. The Morgan fingerprint density at radius 1 is 1.24 bits per heavy atom. The van der Waals surface area contributed by atoms with Gasteiger partial charge >= 0.3 is 0 Å². The van der Waals surface area contributed by atoms with Gasteiger partial charge < -0.3 is 10.1 Å². The summed E-state index contributed by atoms with van der Waals surface area (Å²) in [5.74, 6) is 0.687. The second-order valence-corrected chi connectivity index (χ2v) is 6.71. The molecule has 3 atom stereocenters. The minimum atomic E-state index is 0.222. The van der Waals surface area contributed by atoms with Crippen LogP contribution >= 0.6 is 0 Å². The van der Waals surface area contributed by atoms with Crippen LogP contribution in [0.3, 0.4) is 0 Å². The smallest absolute Gasteiger partial charge is 0.0678 e. The lowest BCUT2D eigenvalue weighted by Crippen LogP contribution is -2.48. The monoisotopic (exact) mass is 242 g/mol. The lowest BCUT2D eigenvalue weighted by atomic mass is 10.1. The van der Waals surface area contributed by atoms with Crippen molar-refractivity contribution >= 4 is 0 Å². The van der Waals surface area contributed by atoms with Crippen molar-refractivity contribution in [2.45, 2.75) is 59.3 Å². The molecule has 3 nitrogen and oxygen atoms in total. The number of hydrogen-bond acceptors (Lipinski definition) is 3. The second kappa shape index (κ2) is 6.17. The van der Waals surface area contributed by atoms with Crippen molar-refractivity contribution in [3.05, 3.63) is 0 Å². The van der Waals surface area contributed by atoms with Crippen LogP contribution in [0.15, 0.2) is 0 Å². The Bertz CT molecular complexity index is 215. The highest BCUT2D eigenvalue weighted by atomic mass is 16.5. The van der Waals surface area contributed by atoms with Gasteiger partial charge in [0.2, 0.25) is 0 Å². The van der Waals surface area contributed by atoms with Crippen molar-refractivity contribution in [3.63, 3.8) is 0 Å². The highest BCUT2D eigenvalue weighted by molar-refractivity contribution is 4.77. The fourth-order valence-electron chi connectivity index (χ4n) is 2.42. The second-order valence-electron chi connectivity index (χ2n) is 6.71. The molecule has 1 N–H and O–H groups in total. The molecule has 1 rings (SSSR count). The highest BCUT2D eigenvalue weighted by Crippen LogP contribution is 2.12. The summed E-state index contributed by atoms with van der Waals surface area (Å²) in [5, 5.41) is 3.58. The van der Waals surface area contributed by atoms with Crippen molar-refractivity contribution in [3.8, 4) is 0 Å². The molecule has 1 heterocycles.